The Hall–Kier alpha value is -1.19. The maximum Gasteiger partial charge on any atom is 0.0949 e. The summed E-state index contributed by atoms with van der Waals surface area (Å²) in [7, 11) is 0. The summed E-state index contributed by atoms with van der Waals surface area (Å²) in [4.78, 5) is 6.01. The number of thiazole rings is 1. The van der Waals surface area contributed by atoms with Crippen LogP contribution >= 0.6 is 11.3 Å². The van der Waals surface area contributed by atoms with Gasteiger partial charge in [0.15, 0.2) is 0 Å². The van der Waals surface area contributed by atoms with Gasteiger partial charge in [0.05, 0.1) is 10.7 Å². The molecule has 0 spiro atoms. The number of aromatic nitrogens is 1. The fraction of sp³-hybridized carbons (Fsp3) is 0.471. The van der Waals surface area contributed by atoms with E-state index in [9.17, 15) is 0 Å². The van der Waals surface area contributed by atoms with Crippen LogP contribution in [0.5, 0.6) is 0 Å². The molecule has 20 heavy (non-hydrogen) atoms. The van der Waals surface area contributed by atoms with Crippen molar-refractivity contribution in [3.8, 4) is 0 Å². The molecule has 0 saturated heterocycles. The lowest BCUT2D eigenvalue weighted by Gasteiger charge is -2.18. The van der Waals surface area contributed by atoms with Gasteiger partial charge in [0.1, 0.15) is 0 Å². The van der Waals surface area contributed by atoms with Gasteiger partial charge >= 0.3 is 0 Å². The first kappa shape index (κ1) is 15.2. The smallest absolute Gasteiger partial charge is 0.0949 e. The van der Waals surface area contributed by atoms with Gasteiger partial charge in [0.2, 0.25) is 0 Å². The van der Waals surface area contributed by atoms with Gasteiger partial charge in [0.25, 0.3) is 0 Å². The Morgan fingerprint density at radius 3 is 2.25 bits per heavy atom. The average molecular weight is 288 g/mol. The van der Waals surface area contributed by atoms with Crippen molar-refractivity contribution in [1.82, 2.24) is 10.3 Å². The molecule has 108 valence electrons. The molecule has 0 aliphatic rings. The molecule has 0 aliphatic heterocycles. The van der Waals surface area contributed by atoms with Crippen LogP contribution in [0.4, 0.5) is 0 Å². The molecular formula is C17H24N2S. The second-order valence-corrected chi connectivity index (χ2v) is 6.77. The summed E-state index contributed by atoms with van der Waals surface area (Å²) < 4.78 is 0. The SMILES string of the molecule is CCNC(Cc1nc(C)c(C)s1)c1cc(C)cc(C)c1. The number of aryl methyl sites for hydroxylation is 4. The van der Waals surface area contributed by atoms with Crippen LogP contribution < -0.4 is 5.32 Å². The van der Waals surface area contributed by atoms with Crippen LogP contribution in [0.25, 0.3) is 0 Å². The summed E-state index contributed by atoms with van der Waals surface area (Å²) in [5.74, 6) is 0. The number of hydrogen-bond acceptors (Lipinski definition) is 3. The van der Waals surface area contributed by atoms with E-state index in [1.165, 1.54) is 32.3 Å². The number of benzene rings is 1. The van der Waals surface area contributed by atoms with E-state index >= 15 is 0 Å². The Bertz CT molecular complexity index is 547. The monoisotopic (exact) mass is 288 g/mol. The molecule has 0 fully saturated rings. The topological polar surface area (TPSA) is 24.9 Å². The zero-order valence-corrected chi connectivity index (χ0v) is 13.9. The van der Waals surface area contributed by atoms with Crippen LogP contribution in [0.3, 0.4) is 0 Å². The molecular weight excluding hydrogens is 264 g/mol. The highest BCUT2D eigenvalue weighted by Crippen LogP contribution is 2.25. The lowest BCUT2D eigenvalue weighted by atomic mass is 9.99. The highest BCUT2D eigenvalue weighted by Gasteiger charge is 2.15. The van der Waals surface area contributed by atoms with Crippen molar-refractivity contribution < 1.29 is 0 Å². The molecule has 0 bridgehead atoms. The van der Waals surface area contributed by atoms with Gasteiger partial charge in [-0.2, -0.15) is 0 Å². The Balaban J connectivity index is 2.26. The van der Waals surface area contributed by atoms with Crippen molar-refractivity contribution in [2.75, 3.05) is 6.54 Å². The molecule has 3 heteroatoms. The first-order valence-corrected chi connectivity index (χ1v) is 8.05. The summed E-state index contributed by atoms with van der Waals surface area (Å²) in [6, 6.07) is 7.15. The maximum absolute atomic E-state index is 4.68. The van der Waals surface area contributed by atoms with E-state index in [1.807, 2.05) is 11.3 Å². The normalized spacial score (nSPS) is 12.7. The Morgan fingerprint density at radius 1 is 1.10 bits per heavy atom. The molecule has 1 aromatic carbocycles. The molecule has 1 N–H and O–H groups in total. The number of likely N-dealkylation sites (N-methyl/N-ethyl adjacent to an activating group) is 1. The number of nitrogens with zero attached hydrogens (tertiary/aromatic N) is 1. The fourth-order valence-corrected chi connectivity index (χ4v) is 3.55. The molecule has 0 amide bonds. The largest absolute Gasteiger partial charge is 0.310 e. The Morgan fingerprint density at radius 2 is 1.75 bits per heavy atom. The molecule has 1 atom stereocenters. The van der Waals surface area contributed by atoms with Crippen molar-refractivity contribution >= 4 is 11.3 Å². The molecule has 0 radical (unpaired) electrons. The van der Waals surface area contributed by atoms with Gasteiger partial charge < -0.3 is 5.32 Å². The predicted molar refractivity (Wildman–Crippen MR) is 87.6 cm³/mol. The molecule has 1 heterocycles. The van der Waals surface area contributed by atoms with Crippen molar-refractivity contribution in [2.45, 2.75) is 47.1 Å². The van der Waals surface area contributed by atoms with Crippen LogP contribution in [-0.4, -0.2) is 11.5 Å². The number of rotatable bonds is 5. The van der Waals surface area contributed by atoms with Gasteiger partial charge in [-0.3, -0.25) is 0 Å². The van der Waals surface area contributed by atoms with Crippen LogP contribution in [-0.2, 0) is 6.42 Å². The summed E-state index contributed by atoms with van der Waals surface area (Å²) >= 11 is 1.82. The maximum atomic E-state index is 4.68. The molecule has 1 unspecified atom stereocenters. The van der Waals surface area contributed by atoms with E-state index in [0.29, 0.717) is 6.04 Å². The first-order valence-electron chi connectivity index (χ1n) is 7.24. The number of nitrogens with one attached hydrogen (secondary N) is 1. The Labute approximate surface area is 126 Å². The van der Waals surface area contributed by atoms with Gasteiger partial charge in [-0.05, 0) is 39.8 Å². The third-order valence-corrected chi connectivity index (χ3v) is 4.64. The van der Waals surface area contributed by atoms with Gasteiger partial charge in [-0.25, -0.2) is 4.98 Å². The summed E-state index contributed by atoms with van der Waals surface area (Å²) in [6.45, 7) is 11.7. The van der Waals surface area contributed by atoms with Gasteiger partial charge in [-0.15, -0.1) is 11.3 Å². The van der Waals surface area contributed by atoms with Crippen LogP contribution in [0.2, 0.25) is 0 Å². The predicted octanol–water partition coefficient (Wildman–Crippen LogP) is 4.27. The first-order chi connectivity index (χ1) is 9.49. The average Bonchev–Trinajstić information content (AvgIpc) is 2.66. The zero-order valence-electron chi connectivity index (χ0n) is 13.1. The fourth-order valence-electron chi connectivity index (χ4n) is 2.57. The second kappa shape index (κ2) is 6.51. The van der Waals surface area contributed by atoms with Crippen molar-refractivity contribution in [3.63, 3.8) is 0 Å². The third kappa shape index (κ3) is 3.68. The van der Waals surface area contributed by atoms with Gasteiger partial charge in [-0.1, -0.05) is 36.2 Å². The van der Waals surface area contributed by atoms with E-state index in [4.69, 9.17) is 0 Å². The minimum atomic E-state index is 0.351. The van der Waals surface area contributed by atoms with E-state index in [2.05, 4.69) is 63.1 Å². The van der Waals surface area contributed by atoms with E-state index in [-0.39, 0.29) is 0 Å². The van der Waals surface area contributed by atoms with Crippen molar-refractivity contribution in [1.29, 1.82) is 0 Å². The lowest BCUT2D eigenvalue weighted by Crippen LogP contribution is -2.23. The van der Waals surface area contributed by atoms with E-state index in [0.717, 1.165) is 13.0 Å². The lowest BCUT2D eigenvalue weighted by molar-refractivity contribution is 0.548. The van der Waals surface area contributed by atoms with Gasteiger partial charge in [0, 0.05) is 17.3 Å². The van der Waals surface area contributed by atoms with Crippen molar-refractivity contribution in [2.24, 2.45) is 0 Å². The highest BCUT2D eigenvalue weighted by molar-refractivity contribution is 7.11. The summed E-state index contributed by atoms with van der Waals surface area (Å²) in [6.07, 6.45) is 0.968. The quantitative estimate of drug-likeness (QED) is 0.888. The molecule has 0 aliphatic carbocycles. The molecule has 2 aromatic rings. The molecule has 2 rings (SSSR count). The number of hydrogen-bond donors (Lipinski definition) is 1. The Kier molecular flexibility index (Phi) is 4.95. The molecule has 1 aromatic heterocycles. The van der Waals surface area contributed by atoms with E-state index < -0.39 is 0 Å². The van der Waals surface area contributed by atoms with Crippen LogP contribution in [0.15, 0.2) is 18.2 Å². The summed E-state index contributed by atoms with van der Waals surface area (Å²) in [5.41, 5.74) is 5.19. The minimum absolute atomic E-state index is 0.351. The highest BCUT2D eigenvalue weighted by atomic mass is 32.1. The molecule has 0 saturated carbocycles. The minimum Gasteiger partial charge on any atom is -0.310 e. The second-order valence-electron chi connectivity index (χ2n) is 5.48. The molecule has 2 nitrogen and oxygen atoms in total. The third-order valence-electron chi connectivity index (χ3n) is 3.55. The zero-order chi connectivity index (χ0) is 14.7. The van der Waals surface area contributed by atoms with Crippen molar-refractivity contribution in [3.05, 3.63) is 50.5 Å². The summed E-state index contributed by atoms with van der Waals surface area (Å²) in [5, 5.41) is 4.82. The van der Waals surface area contributed by atoms with E-state index in [1.54, 1.807) is 0 Å². The standard InChI is InChI=1S/C17H24N2S/c1-6-18-16(10-17-19-13(4)14(5)20-17)15-8-11(2)7-12(3)9-15/h7-9,16,18H,6,10H2,1-5H3. The van der Waals surface area contributed by atoms with Crippen LogP contribution in [0, 0.1) is 27.7 Å². The van der Waals surface area contributed by atoms with Crippen LogP contribution in [0.1, 0.15) is 45.2 Å².